The number of non-ortho nitro benzene ring substituents is 1. The van der Waals surface area contributed by atoms with Crippen LogP contribution in [0.5, 0.6) is 0 Å². The Kier molecular flexibility index (Phi) is 4.63. The van der Waals surface area contributed by atoms with Gasteiger partial charge in [0, 0.05) is 22.6 Å². The maximum atomic E-state index is 10.9. The third-order valence-corrected chi connectivity index (χ3v) is 4.13. The summed E-state index contributed by atoms with van der Waals surface area (Å²) in [6.45, 7) is 6.17. The number of hydrogen-bond donors (Lipinski definition) is 1. The summed E-state index contributed by atoms with van der Waals surface area (Å²) in [6.07, 6.45) is 0. The SMILES string of the molecule is Cc1ccc(C)c(C(C)Nc2cc([N+](=O)[O-])ccc2Br)c1. The standard InChI is InChI=1S/C16H17BrN2O2/c1-10-4-5-11(2)14(8-10)12(3)18-16-9-13(19(20)21)6-7-15(16)17/h4-9,12,18H,1-3H3. The van der Waals surface area contributed by atoms with Crippen molar-refractivity contribution in [3.63, 3.8) is 0 Å². The van der Waals surface area contributed by atoms with Crippen LogP contribution in [-0.2, 0) is 0 Å². The number of halogens is 1. The molecule has 110 valence electrons. The molecular weight excluding hydrogens is 332 g/mol. The molecule has 0 amide bonds. The maximum absolute atomic E-state index is 10.9. The molecule has 5 heteroatoms. The zero-order valence-corrected chi connectivity index (χ0v) is 13.8. The van der Waals surface area contributed by atoms with Gasteiger partial charge in [0.1, 0.15) is 0 Å². The van der Waals surface area contributed by atoms with E-state index in [1.807, 2.05) is 6.92 Å². The number of anilines is 1. The topological polar surface area (TPSA) is 55.2 Å². The highest BCUT2D eigenvalue weighted by Gasteiger charge is 2.13. The lowest BCUT2D eigenvalue weighted by molar-refractivity contribution is -0.384. The average Bonchev–Trinajstić information content (AvgIpc) is 2.43. The highest BCUT2D eigenvalue weighted by molar-refractivity contribution is 9.10. The number of nitro groups is 1. The van der Waals surface area contributed by atoms with Crippen molar-refractivity contribution in [2.24, 2.45) is 0 Å². The molecule has 0 aromatic heterocycles. The minimum absolute atomic E-state index is 0.0585. The molecular formula is C16H17BrN2O2. The summed E-state index contributed by atoms with van der Waals surface area (Å²) in [4.78, 5) is 10.5. The summed E-state index contributed by atoms with van der Waals surface area (Å²) in [7, 11) is 0. The van der Waals surface area contributed by atoms with Crippen molar-refractivity contribution in [2.45, 2.75) is 26.8 Å². The normalized spacial score (nSPS) is 12.0. The van der Waals surface area contributed by atoms with Gasteiger partial charge in [-0.1, -0.05) is 23.8 Å². The van der Waals surface area contributed by atoms with Crippen molar-refractivity contribution in [3.8, 4) is 0 Å². The molecule has 21 heavy (non-hydrogen) atoms. The Hall–Kier alpha value is -1.88. The summed E-state index contributed by atoms with van der Waals surface area (Å²) in [5, 5.41) is 14.2. The van der Waals surface area contributed by atoms with E-state index >= 15 is 0 Å². The maximum Gasteiger partial charge on any atom is 0.271 e. The summed E-state index contributed by atoms with van der Waals surface area (Å²) >= 11 is 3.43. The van der Waals surface area contributed by atoms with Crippen LogP contribution in [0.1, 0.15) is 29.7 Å². The van der Waals surface area contributed by atoms with Gasteiger partial charge in [-0.05, 0) is 53.9 Å². The zero-order valence-electron chi connectivity index (χ0n) is 12.2. The fourth-order valence-electron chi connectivity index (χ4n) is 2.27. The van der Waals surface area contributed by atoms with Gasteiger partial charge in [-0.15, -0.1) is 0 Å². The molecule has 2 rings (SSSR count). The number of hydrogen-bond acceptors (Lipinski definition) is 3. The number of rotatable bonds is 4. The molecule has 0 saturated carbocycles. The Labute approximate surface area is 132 Å². The van der Waals surface area contributed by atoms with E-state index < -0.39 is 0 Å². The molecule has 0 radical (unpaired) electrons. The van der Waals surface area contributed by atoms with Crippen molar-refractivity contribution in [1.82, 2.24) is 0 Å². The third kappa shape index (κ3) is 3.61. The Morgan fingerprint density at radius 1 is 1.19 bits per heavy atom. The van der Waals surface area contributed by atoms with Crippen molar-refractivity contribution in [3.05, 3.63) is 67.7 Å². The molecule has 0 bridgehead atoms. The predicted octanol–water partition coefficient (Wildman–Crippen LogP) is 5.15. The van der Waals surface area contributed by atoms with Gasteiger partial charge in [0.25, 0.3) is 5.69 Å². The van der Waals surface area contributed by atoms with E-state index in [1.54, 1.807) is 12.1 Å². The first-order chi connectivity index (χ1) is 9.88. The van der Waals surface area contributed by atoms with Gasteiger partial charge in [-0.25, -0.2) is 0 Å². The van der Waals surface area contributed by atoms with Crippen molar-refractivity contribution in [1.29, 1.82) is 0 Å². The molecule has 1 unspecified atom stereocenters. The van der Waals surface area contributed by atoms with Gasteiger partial charge in [-0.2, -0.15) is 0 Å². The number of nitrogens with zero attached hydrogens (tertiary/aromatic N) is 1. The Morgan fingerprint density at radius 2 is 1.90 bits per heavy atom. The highest BCUT2D eigenvalue weighted by atomic mass is 79.9. The molecule has 0 aliphatic rings. The molecule has 2 aromatic carbocycles. The summed E-state index contributed by atoms with van der Waals surface area (Å²) in [6, 6.07) is 11.1. The van der Waals surface area contributed by atoms with E-state index in [0.717, 1.165) is 10.2 Å². The summed E-state index contributed by atoms with van der Waals surface area (Å²) in [5.74, 6) is 0. The minimum Gasteiger partial charge on any atom is -0.377 e. The predicted molar refractivity (Wildman–Crippen MR) is 88.8 cm³/mol. The van der Waals surface area contributed by atoms with Gasteiger partial charge >= 0.3 is 0 Å². The second-order valence-corrected chi connectivity index (χ2v) is 6.00. The summed E-state index contributed by atoms with van der Waals surface area (Å²) < 4.78 is 0.810. The quantitative estimate of drug-likeness (QED) is 0.614. The van der Waals surface area contributed by atoms with Crippen LogP contribution >= 0.6 is 15.9 Å². The van der Waals surface area contributed by atoms with Crippen LogP contribution in [0.3, 0.4) is 0 Å². The lowest BCUT2D eigenvalue weighted by atomic mass is 10.00. The monoisotopic (exact) mass is 348 g/mol. The van der Waals surface area contributed by atoms with Crippen LogP contribution in [-0.4, -0.2) is 4.92 Å². The molecule has 0 saturated heterocycles. The zero-order chi connectivity index (χ0) is 15.6. The first-order valence-corrected chi connectivity index (χ1v) is 7.45. The fourth-order valence-corrected chi connectivity index (χ4v) is 2.64. The molecule has 0 aliphatic carbocycles. The van der Waals surface area contributed by atoms with Crippen LogP contribution in [0, 0.1) is 24.0 Å². The van der Waals surface area contributed by atoms with E-state index in [-0.39, 0.29) is 16.7 Å². The minimum atomic E-state index is -0.389. The van der Waals surface area contributed by atoms with Crippen LogP contribution in [0.4, 0.5) is 11.4 Å². The van der Waals surface area contributed by atoms with E-state index in [0.29, 0.717) is 0 Å². The van der Waals surface area contributed by atoms with E-state index in [1.165, 1.54) is 22.8 Å². The lowest BCUT2D eigenvalue weighted by Gasteiger charge is -2.19. The largest absolute Gasteiger partial charge is 0.377 e. The summed E-state index contributed by atoms with van der Waals surface area (Å²) in [5.41, 5.74) is 4.38. The second-order valence-electron chi connectivity index (χ2n) is 5.15. The number of nitro benzene ring substituents is 1. The van der Waals surface area contributed by atoms with Crippen molar-refractivity contribution >= 4 is 27.3 Å². The third-order valence-electron chi connectivity index (χ3n) is 3.43. The molecule has 0 fully saturated rings. The van der Waals surface area contributed by atoms with Crippen molar-refractivity contribution < 1.29 is 4.92 Å². The molecule has 0 spiro atoms. The van der Waals surface area contributed by atoms with Crippen molar-refractivity contribution in [2.75, 3.05) is 5.32 Å². The Bertz CT molecular complexity index is 686. The van der Waals surface area contributed by atoms with Crippen LogP contribution in [0.2, 0.25) is 0 Å². The fraction of sp³-hybridized carbons (Fsp3) is 0.250. The lowest BCUT2D eigenvalue weighted by Crippen LogP contribution is -2.09. The average molecular weight is 349 g/mol. The van der Waals surface area contributed by atoms with Crippen LogP contribution < -0.4 is 5.32 Å². The van der Waals surface area contributed by atoms with Crippen LogP contribution in [0.25, 0.3) is 0 Å². The van der Waals surface area contributed by atoms with Gasteiger partial charge in [0.15, 0.2) is 0 Å². The molecule has 0 heterocycles. The van der Waals surface area contributed by atoms with Gasteiger partial charge in [-0.3, -0.25) is 10.1 Å². The number of aryl methyl sites for hydroxylation is 2. The van der Waals surface area contributed by atoms with E-state index in [9.17, 15) is 10.1 Å². The molecule has 4 nitrogen and oxygen atoms in total. The molecule has 1 atom stereocenters. The highest BCUT2D eigenvalue weighted by Crippen LogP contribution is 2.31. The smallest absolute Gasteiger partial charge is 0.271 e. The van der Waals surface area contributed by atoms with E-state index in [4.69, 9.17) is 0 Å². The number of benzene rings is 2. The molecule has 2 aromatic rings. The van der Waals surface area contributed by atoms with Gasteiger partial charge in [0.05, 0.1) is 10.6 Å². The molecule has 1 N–H and O–H groups in total. The van der Waals surface area contributed by atoms with Gasteiger partial charge in [0.2, 0.25) is 0 Å². The number of nitrogens with one attached hydrogen (secondary N) is 1. The first kappa shape index (κ1) is 15.5. The van der Waals surface area contributed by atoms with Gasteiger partial charge < -0.3 is 5.32 Å². The molecule has 0 aliphatic heterocycles. The first-order valence-electron chi connectivity index (χ1n) is 6.66. The van der Waals surface area contributed by atoms with Crippen LogP contribution in [0.15, 0.2) is 40.9 Å². The Balaban J connectivity index is 2.31. The van der Waals surface area contributed by atoms with E-state index in [2.05, 4.69) is 53.3 Å². The Morgan fingerprint density at radius 3 is 2.57 bits per heavy atom. The second kappa shape index (κ2) is 6.26.